The van der Waals surface area contributed by atoms with E-state index in [4.69, 9.17) is 0 Å². The van der Waals surface area contributed by atoms with Gasteiger partial charge in [-0.25, -0.2) is 0 Å². The lowest BCUT2D eigenvalue weighted by atomic mass is 10.00. The highest BCUT2D eigenvalue weighted by molar-refractivity contribution is 5.95. The number of carbonyl (C=O) groups excluding carboxylic acids is 1. The van der Waals surface area contributed by atoms with Gasteiger partial charge in [-0.1, -0.05) is 6.08 Å². The van der Waals surface area contributed by atoms with Crippen LogP contribution < -0.4 is 5.32 Å². The van der Waals surface area contributed by atoms with Crippen molar-refractivity contribution < 1.29 is 4.79 Å². The molecule has 9 heavy (non-hydrogen) atoms. The van der Waals surface area contributed by atoms with Gasteiger partial charge in [-0.15, -0.1) is 0 Å². The highest BCUT2D eigenvalue weighted by Gasteiger charge is 2.33. The molecule has 2 heteroatoms. The number of rotatable bonds is 0. The van der Waals surface area contributed by atoms with Crippen molar-refractivity contribution in [1.82, 2.24) is 5.32 Å². The van der Waals surface area contributed by atoms with Gasteiger partial charge in [-0.3, -0.25) is 4.79 Å². The van der Waals surface area contributed by atoms with Crippen molar-refractivity contribution in [2.24, 2.45) is 11.8 Å². The van der Waals surface area contributed by atoms with Crippen LogP contribution in [0.15, 0.2) is 12.2 Å². The van der Waals surface area contributed by atoms with Crippen LogP contribution in [0.5, 0.6) is 0 Å². The van der Waals surface area contributed by atoms with Gasteiger partial charge in [0, 0.05) is 24.9 Å². The van der Waals surface area contributed by atoms with Crippen LogP contribution in [0.1, 0.15) is 0 Å². The fourth-order valence-corrected chi connectivity index (χ4v) is 1.55. The second kappa shape index (κ2) is 1.67. The standard InChI is InChI=1S/C7H9NO/c9-7-2-1-5-3-8-4-6(5)7/h1-2,5-6,8H,3-4H2. The van der Waals surface area contributed by atoms with Gasteiger partial charge in [0.1, 0.15) is 0 Å². The van der Waals surface area contributed by atoms with E-state index in [2.05, 4.69) is 5.32 Å². The van der Waals surface area contributed by atoms with Crippen LogP contribution in [0.2, 0.25) is 0 Å². The molecule has 0 aromatic rings. The van der Waals surface area contributed by atoms with Crippen LogP contribution in [0.25, 0.3) is 0 Å². The van der Waals surface area contributed by atoms with E-state index >= 15 is 0 Å². The highest BCUT2D eigenvalue weighted by atomic mass is 16.1. The Hall–Kier alpha value is -0.630. The molecular weight excluding hydrogens is 114 g/mol. The largest absolute Gasteiger partial charge is 0.315 e. The van der Waals surface area contributed by atoms with E-state index in [0.29, 0.717) is 11.7 Å². The Balaban J connectivity index is 2.24. The second-order valence-electron chi connectivity index (χ2n) is 2.69. The van der Waals surface area contributed by atoms with Crippen molar-refractivity contribution in [3.63, 3.8) is 0 Å². The molecule has 1 aliphatic heterocycles. The summed E-state index contributed by atoms with van der Waals surface area (Å²) >= 11 is 0. The topological polar surface area (TPSA) is 29.1 Å². The van der Waals surface area contributed by atoms with Gasteiger partial charge in [0.15, 0.2) is 5.78 Å². The molecule has 0 aromatic carbocycles. The summed E-state index contributed by atoms with van der Waals surface area (Å²) in [6.07, 6.45) is 3.74. The molecule has 0 aromatic heterocycles. The first-order valence-corrected chi connectivity index (χ1v) is 3.31. The van der Waals surface area contributed by atoms with Gasteiger partial charge in [0.05, 0.1) is 0 Å². The van der Waals surface area contributed by atoms with Crippen molar-refractivity contribution in [2.75, 3.05) is 13.1 Å². The van der Waals surface area contributed by atoms with Gasteiger partial charge in [0.25, 0.3) is 0 Å². The smallest absolute Gasteiger partial charge is 0.160 e. The number of hydrogen-bond donors (Lipinski definition) is 1. The van der Waals surface area contributed by atoms with Crippen molar-refractivity contribution in [3.8, 4) is 0 Å². The maximum Gasteiger partial charge on any atom is 0.160 e. The Morgan fingerprint density at radius 1 is 1.56 bits per heavy atom. The number of hydrogen-bond acceptors (Lipinski definition) is 2. The molecule has 1 fully saturated rings. The van der Waals surface area contributed by atoms with Gasteiger partial charge in [-0.05, 0) is 6.08 Å². The molecule has 2 rings (SSSR count). The average Bonchev–Trinajstić information content (AvgIpc) is 2.35. The van der Waals surface area contributed by atoms with E-state index in [1.54, 1.807) is 6.08 Å². The molecule has 2 nitrogen and oxygen atoms in total. The minimum atomic E-state index is 0.282. The fraction of sp³-hybridized carbons (Fsp3) is 0.571. The number of ketones is 1. The molecule has 1 N–H and O–H groups in total. The Labute approximate surface area is 53.9 Å². The van der Waals surface area contributed by atoms with E-state index in [1.807, 2.05) is 6.08 Å². The van der Waals surface area contributed by atoms with Crippen molar-refractivity contribution in [1.29, 1.82) is 0 Å². The molecule has 2 atom stereocenters. The Morgan fingerprint density at radius 3 is 3.22 bits per heavy atom. The minimum Gasteiger partial charge on any atom is -0.315 e. The predicted octanol–water partition coefficient (Wildman–Crippen LogP) is -0.0391. The van der Waals surface area contributed by atoms with Crippen LogP contribution in [-0.4, -0.2) is 18.9 Å². The molecule has 0 amide bonds. The SMILES string of the molecule is O=C1C=CC2CNCC12. The summed E-state index contributed by atoms with van der Waals surface area (Å²) in [5.74, 6) is 1.10. The quantitative estimate of drug-likeness (QED) is 0.489. The van der Waals surface area contributed by atoms with E-state index in [0.717, 1.165) is 13.1 Å². The molecule has 2 aliphatic rings. The van der Waals surface area contributed by atoms with Crippen LogP contribution in [0, 0.1) is 11.8 Å². The average molecular weight is 123 g/mol. The van der Waals surface area contributed by atoms with Crippen LogP contribution >= 0.6 is 0 Å². The summed E-state index contributed by atoms with van der Waals surface area (Å²) in [4.78, 5) is 10.9. The third kappa shape index (κ3) is 0.630. The summed E-state index contributed by atoms with van der Waals surface area (Å²) in [5.41, 5.74) is 0. The first-order chi connectivity index (χ1) is 4.38. The Kier molecular flexibility index (Phi) is 0.963. The van der Waals surface area contributed by atoms with Crippen LogP contribution in [0.3, 0.4) is 0 Å². The molecule has 1 saturated heterocycles. The second-order valence-corrected chi connectivity index (χ2v) is 2.69. The molecule has 0 radical (unpaired) electrons. The van der Waals surface area contributed by atoms with Crippen LogP contribution in [-0.2, 0) is 4.79 Å². The van der Waals surface area contributed by atoms with E-state index in [9.17, 15) is 4.79 Å². The number of fused-ring (bicyclic) bond motifs is 1. The molecule has 1 aliphatic carbocycles. The molecule has 0 spiro atoms. The summed E-state index contributed by atoms with van der Waals surface area (Å²) in [6, 6.07) is 0. The normalized spacial score (nSPS) is 39.8. The highest BCUT2D eigenvalue weighted by Crippen LogP contribution is 2.24. The zero-order valence-electron chi connectivity index (χ0n) is 5.13. The molecule has 0 bridgehead atoms. The molecule has 1 heterocycles. The third-order valence-corrected chi connectivity index (χ3v) is 2.13. The maximum absolute atomic E-state index is 10.9. The third-order valence-electron chi connectivity index (χ3n) is 2.13. The number of carbonyl (C=O) groups is 1. The van der Waals surface area contributed by atoms with Gasteiger partial charge < -0.3 is 5.32 Å². The van der Waals surface area contributed by atoms with Gasteiger partial charge in [0.2, 0.25) is 0 Å². The maximum atomic E-state index is 10.9. The Bertz CT molecular complexity index is 174. The monoisotopic (exact) mass is 123 g/mol. The zero-order valence-corrected chi connectivity index (χ0v) is 5.13. The minimum absolute atomic E-state index is 0.282. The number of nitrogens with one attached hydrogen (secondary N) is 1. The van der Waals surface area contributed by atoms with E-state index < -0.39 is 0 Å². The first-order valence-electron chi connectivity index (χ1n) is 3.31. The van der Waals surface area contributed by atoms with Crippen molar-refractivity contribution in [2.45, 2.75) is 0 Å². The summed E-state index contributed by atoms with van der Waals surface area (Å²) in [6.45, 7) is 1.88. The molecular formula is C7H9NO. The number of allylic oxidation sites excluding steroid dienone is 1. The predicted molar refractivity (Wildman–Crippen MR) is 34.0 cm³/mol. The summed E-state index contributed by atoms with van der Waals surface area (Å²) < 4.78 is 0. The van der Waals surface area contributed by atoms with E-state index in [-0.39, 0.29) is 5.92 Å². The lowest BCUT2D eigenvalue weighted by Crippen LogP contribution is -2.14. The fourth-order valence-electron chi connectivity index (χ4n) is 1.55. The molecule has 48 valence electrons. The van der Waals surface area contributed by atoms with Crippen LogP contribution in [0.4, 0.5) is 0 Å². The summed E-state index contributed by atoms with van der Waals surface area (Å²) in [7, 11) is 0. The van der Waals surface area contributed by atoms with Crippen molar-refractivity contribution >= 4 is 5.78 Å². The zero-order chi connectivity index (χ0) is 6.27. The van der Waals surface area contributed by atoms with Gasteiger partial charge >= 0.3 is 0 Å². The van der Waals surface area contributed by atoms with E-state index in [1.165, 1.54) is 0 Å². The van der Waals surface area contributed by atoms with Gasteiger partial charge in [-0.2, -0.15) is 0 Å². The first kappa shape index (κ1) is 5.18. The lowest BCUT2D eigenvalue weighted by molar-refractivity contribution is -0.117. The van der Waals surface area contributed by atoms with Crippen molar-refractivity contribution in [3.05, 3.63) is 12.2 Å². The molecule has 2 unspecified atom stereocenters. The summed E-state index contributed by atoms with van der Waals surface area (Å²) in [5, 5.41) is 3.18. The Morgan fingerprint density at radius 2 is 2.44 bits per heavy atom. The molecule has 0 saturated carbocycles. The lowest BCUT2D eigenvalue weighted by Gasteiger charge is -2.01.